The minimum atomic E-state index is -0.250. The summed E-state index contributed by atoms with van der Waals surface area (Å²) < 4.78 is 5.55. The highest BCUT2D eigenvalue weighted by Gasteiger charge is 2.21. The van der Waals surface area contributed by atoms with Crippen molar-refractivity contribution in [1.82, 2.24) is 10.4 Å². The van der Waals surface area contributed by atoms with Crippen molar-refractivity contribution in [3.8, 4) is 5.75 Å². The molecule has 0 radical (unpaired) electrons. The van der Waals surface area contributed by atoms with Gasteiger partial charge in [-0.15, -0.1) is 0 Å². The second kappa shape index (κ2) is 6.22. The smallest absolute Gasteiger partial charge is 0.127 e. The third-order valence-electron chi connectivity index (χ3n) is 3.50. The van der Waals surface area contributed by atoms with Crippen LogP contribution < -0.4 is 16.0 Å². The molecule has 0 saturated heterocycles. The van der Waals surface area contributed by atoms with Crippen molar-refractivity contribution in [2.24, 2.45) is 5.84 Å². The number of pyridine rings is 1. The van der Waals surface area contributed by atoms with Crippen molar-refractivity contribution < 1.29 is 4.74 Å². The largest absolute Gasteiger partial charge is 0.496 e. The Morgan fingerprint density at radius 2 is 2.00 bits per heavy atom. The maximum absolute atomic E-state index is 6.22. The Kier molecular flexibility index (Phi) is 4.60. The number of hydrazine groups is 1. The molecule has 2 aromatic rings. The van der Waals surface area contributed by atoms with E-state index in [9.17, 15) is 0 Å². The van der Waals surface area contributed by atoms with Crippen molar-refractivity contribution in [3.05, 3.63) is 57.9 Å². The van der Waals surface area contributed by atoms with Gasteiger partial charge in [0.25, 0.3) is 0 Å². The quantitative estimate of drug-likeness (QED) is 0.672. The van der Waals surface area contributed by atoms with E-state index in [2.05, 4.69) is 10.4 Å². The zero-order valence-electron chi connectivity index (χ0n) is 11.8. The number of aromatic nitrogens is 1. The van der Waals surface area contributed by atoms with Crippen LogP contribution in [0.3, 0.4) is 0 Å². The Morgan fingerprint density at radius 1 is 1.25 bits per heavy atom. The van der Waals surface area contributed by atoms with Crippen molar-refractivity contribution in [2.45, 2.75) is 19.9 Å². The molecule has 1 heterocycles. The third-order valence-corrected chi connectivity index (χ3v) is 3.82. The van der Waals surface area contributed by atoms with Crippen LogP contribution in [0.5, 0.6) is 5.75 Å². The summed E-state index contributed by atoms with van der Waals surface area (Å²) in [4.78, 5) is 4.00. The Bertz CT molecular complexity index is 616. The number of hydrogen-bond acceptors (Lipinski definition) is 4. The second-order valence-corrected chi connectivity index (χ2v) is 5.03. The topological polar surface area (TPSA) is 60.2 Å². The Balaban J connectivity index is 2.59. The Morgan fingerprint density at radius 3 is 2.60 bits per heavy atom. The predicted octanol–water partition coefficient (Wildman–Crippen LogP) is 2.91. The first-order valence-electron chi connectivity index (χ1n) is 6.29. The number of benzene rings is 1. The molecule has 0 amide bonds. The van der Waals surface area contributed by atoms with Crippen LogP contribution in [0.25, 0.3) is 0 Å². The van der Waals surface area contributed by atoms with Gasteiger partial charge >= 0.3 is 0 Å². The Hall–Kier alpha value is -1.62. The number of nitrogens with zero attached hydrogens (tertiary/aromatic N) is 1. The average molecular weight is 292 g/mol. The van der Waals surface area contributed by atoms with Crippen LogP contribution in [0.2, 0.25) is 5.02 Å². The standard InChI is InChI=1S/C15H18ClN3O/c1-9-4-5-12(15(20-3)10(9)2)14(19-17)11-6-7-18-8-13(11)16/h4-8,14,19H,17H2,1-3H3. The van der Waals surface area contributed by atoms with E-state index in [1.807, 2.05) is 32.0 Å². The molecule has 0 aliphatic carbocycles. The zero-order valence-corrected chi connectivity index (χ0v) is 12.5. The molecule has 0 fully saturated rings. The molecule has 1 aromatic heterocycles. The SMILES string of the molecule is COc1c(C(NN)c2ccncc2Cl)ccc(C)c1C. The van der Waals surface area contributed by atoms with E-state index in [-0.39, 0.29) is 6.04 Å². The summed E-state index contributed by atoms with van der Waals surface area (Å²) in [5, 5.41) is 0.565. The molecule has 0 aliphatic rings. The van der Waals surface area contributed by atoms with Gasteiger partial charge in [0, 0.05) is 18.0 Å². The van der Waals surface area contributed by atoms with Crippen LogP contribution in [0.15, 0.2) is 30.6 Å². The number of nitrogens with two attached hydrogens (primary N) is 1. The van der Waals surface area contributed by atoms with Crippen molar-refractivity contribution in [2.75, 3.05) is 7.11 Å². The number of ether oxygens (including phenoxy) is 1. The van der Waals surface area contributed by atoms with Gasteiger partial charge in [0.1, 0.15) is 5.75 Å². The molecule has 0 saturated carbocycles. The van der Waals surface area contributed by atoms with Gasteiger partial charge in [-0.05, 0) is 36.6 Å². The van der Waals surface area contributed by atoms with Gasteiger partial charge in [-0.3, -0.25) is 10.8 Å². The lowest BCUT2D eigenvalue weighted by Crippen LogP contribution is -2.29. The number of methoxy groups -OCH3 is 1. The predicted molar refractivity (Wildman–Crippen MR) is 80.9 cm³/mol. The van der Waals surface area contributed by atoms with Crippen LogP contribution >= 0.6 is 11.6 Å². The minimum absolute atomic E-state index is 0.250. The van der Waals surface area contributed by atoms with Crippen LogP contribution in [-0.4, -0.2) is 12.1 Å². The molecule has 5 heteroatoms. The number of halogens is 1. The minimum Gasteiger partial charge on any atom is -0.496 e. The van der Waals surface area contributed by atoms with E-state index in [1.54, 1.807) is 19.5 Å². The number of rotatable bonds is 4. The highest BCUT2D eigenvalue weighted by molar-refractivity contribution is 6.31. The van der Waals surface area contributed by atoms with Crippen molar-refractivity contribution >= 4 is 11.6 Å². The fourth-order valence-corrected chi connectivity index (χ4v) is 2.50. The van der Waals surface area contributed by atoms with Gasteiger partial charge < -0.3 is 4.74 Å². The molecule has 0 aliphatic heterocycles. The lowest BCUT2D eigenvalue weighted by molar-refractivity contribution is 0.400. The summed E-state index contributed by atoms with van der Waals surface area (Å²) >= 11 is 6.22. The summed E-state index contributed by atoms with van der Waals surface area (Å²) in [6.07, 6.45) is 3.30. The summed E-state index contributed by atoms with van der Waals surface area (Å²) in [5.74, 6) is 6.55. The lowest BCUT2D eigenvalue weighted by Gasteiger charge is -2.22. The van der Waals surface area contributed by atoms with Gasteiger partial charge in [0.2, 0.25) is 0 Å². The first-order valence-corrected chi connectivity index (χ1v) is 6.67. The third kappa shape index (κ3) is 2.63. The van der Waals surface area contributed by atoms with Crippen LogP contribution in [-0.2, 0) is 0 Å². The maximum atomic E-state index is 6.22. The lowest BCUT2D eigenvalue weighted by atomic mass is 9.95. The van der Waals surface area contributed by atoms with Gasteiger partial charge in [-0.25, -0.2) is 5.43 Å². The summed E-state index contributed by atoms with van der Waals surface area (Å²) in [6, 6.07) is 5.65. The van der Waals surface area contributed by atoms with Crippen molar-refractivity contribution in [3.63, 3.8) is 0 Å². The van der Waals surface area contributed by atoms with E-state index in [0.29, 0.717) is 5.02 Å². The van der Waals surface area contributed by atoms with E-state index in [4.69, 9.17) is 22.2 Å². The molecular weight excluding hydrogens is 274 g/mol. The number of hydrogen-bond donors (Lipinski definition) is 2. The highest BCUT2D eigenvalue weighted by Crippen LogP contribution is 2.35. The molecule has 1 aromatic carbocycles. The van der Waals surface area contributed by atoms with Gasteiger partial charge in [-0.2, -0.15) is 0 Å². The summed E-state index contributed by atoms with van der Waals surface area (Å²) in [5.41, 5.74) is 6.88. The van der Waals surface area contributed by atoms with E-state index in [1.165, 1.54) is 5.56 Å². The fraction of sp³-hybridized carbons (Fsp3) is 0.267. The molecular formula is C15H18ClN3O. The zero-order chi connectivity index (χ0) is 14.7. The molecule has 2 rings (SSSR count). The van der Waals surface area contributed by atoms with Crippen LogP contribution in [0.4, 0.5) is 0 Å². The van der Waals surface area contributed by atoms with Crippen LogP contribution in [0, 0.1) is 13.8 Å². The van der Waals surface area contributed by atoms with E-state index < -0.39 is 0 Å². The summed E-state index contributed by atoms with van der Waals surface area (Å²) in [6.45, 7) is 4.07. The monoisotopic (exact) mass is 291 g/mol. The molecule has 1 unspecified atom stereocenters. The summed E-state index contributed by atoms with van der Waals surface area (Å²) in [7, 11) is 1.66. The Labute approximate surface area is 123 Å². The van der Waals surface area contributed by atoms with Gasteiger partial charge in [0.05, 0.1) is 18.2 Å². The van der Waals surface area contributed by atoms with E-state index >= 15 is 0 Å². The van der Waals surface area contributed by atoms with Gasteiger partial charge in [0.15, 0.2) is 0 Å². The first kappa shape index (κ1) is 14.8. The highest BCUT2D eigenvalue weighted by atomic mass is 35.5. The molecule has 1 atom stereocenters. The van der Waals surface area contributed by atoms with Crippen LogP contribution in [0.1, 0.15) is 28.3 Å². The normalized spacial score (nSPS) is 12.2. The maximum Gasteiger partial charge on any atom is 0.127 e. The van der Waals surface area contributed by atoms with E-state index in [0.717, 1.165) is 22.4 Å². The second-order valence-electron chi connectivity index (χ2n) is 4.63. The average Bonchev–Trinajstić information content (AvgIpc) is 2.45. The first-order chi connectivity index (χ1) is 9.60. The van der Waals surface area contributed by atoms with Crippen molar-refractivity contribution in [1.29, 1.82) is 0 Å². The molecule has 0 spiro atoms. The number of nitrogens with one attached hydrogen (secondary N) is 1. The molecule has 0 bridgehead atoms. The number of aryl methyl sites for hydroxylation is 1. The molecule has 3 N–H and O–H groups in total. The molecule has 4 nitrogen and oxygen atoms in total. The fourth-order valence-electron chi connectivity index (χ4n) is 2.28. The molecule has 106 valence electrons. The molecule has 20 heavy (non-hydrogen) atoms. The van der Waals surface area contributed by atoms with Gasteiger partial charge in [-0.1, -0.05) is 23.7 Å².